The number of quaternary nitrogens is 1. The van der Waals surface area contributed by atoms with Crippen molar-refractivity contribution in [1.82, 2.24) is 5.32 Å². The molecule has 9 heteroatoms. The lowest BCUT2D eigenvalue weighted by Crippen LogP contribution is -3.11. The van der Waals surface area contributed by atoms with E-state index in [1.54, 1.807) is 7.05 Å². The van der Waals surface area contributed by atoms with Gasteiger partial charge in [-0.25, -0.2) is 0 Å². The van der Waals surface area contributed by atoms with Gasteiger partial charge in [0.2, 0.25) is 0 Å². The van der Waals surface area contributed by atoms with Gasteiger partial charge in [-0.2, -0.15) is 0 Å². The van der Waals surface area contributed by atoms with Crippen molar-refractivity contribution in [3.63, 3.8) is 0 Å². The van der Waals surface area contributed by atoms with E-state index in [4.69, 9.17) is 0 Å². The lowest BCUT2D eigenvalue weighted by molar-refractivity contribution is -0.862. The molecule has 29 heavy (non-hydrogen) atoms. The lowest BCUT2D eigenvalue weighted by Gasteiger charge is -2.14. The van der Waals surface area contributed by atoms with Crippen LogP contribution in [0.4, 0.5) is 18.9 Å². The van der Waals surface area contributed by atoms with E-state index < -0.39 is 6.36 Å². The van der Waals surface area contributed by atoms with Crippen molar-refractivity contribution >= 4 is 17.5 Å². The van der Waals surface area contributed by atoms with Gasteiger partial charge in [0.1, 0.15) is 5.75 Å². The summed E-state index contributed by atoms with van der Waals surface area (Å²) in [4.78, 5) is 24.8. The van der Waals surface area contributed by atoms with Crippen LogP contribution in [0, 0.1) is 6.92 Å². The molecule has 0 aliphatic rings. The summed E-state index contributed by atoms with van der Waals surface area (Å²) in [6, 6.07) is 12.6. The number of ether oxygens (including phenoxy) is 1. The van der Waals surface area contributed by atoms with E-state index in [2.05, 4.69) is 15.4 Å². The fourth-order valence-electron chi connectivity index (χ4n) is 2.62. The number of nitrogens with one attached hydrogen (secondary N) is 3. The summed E-state index contributed by atoms with van der Waals surface area (Å²) in [5.41, 5.74) is 2.44. The zero-order chi connectivity index (χ0) is 21.4. The van der Waals surface area contributed by atoms with E-state index in [9.17, 15) is 22.8 Å². The van der Waals surface area contributed by atoms with Gasteiger partial charge < -0.3 is 20.3 Å². The van der Waals surface area contributed by atoms with Crippen LogP contribution in [0.15, 0.2) is 48.5 Å². The average Bonchev–Trinajstić information content (AvgIpc) is 2.61. The second kappa shape index (κ2) is 9.92. The van der Waals surface area contributed by atoms with Crippen molar-refractivity contribution in [1.29, 1.82) is 0 Å². The maximum Gasteiger partial charge on any atom is 0.573 e. The van der Waals surface area contributed by atoms with Gasteiger partial charge in [-0.15, -0.1) is 13.2 Å². The first-order chi connectivity index (χ1) is 13.6. The van der Waals surface area contributed by atoms with Gasteiger partial charge in [-0.05, 0) is 42.3 Å². The summed E-state index contributed by atoms with van der Waals surface area (Å²) < 4.78 is 40.2. The summed E-state index contributed by atoms with van der Waals surface area (Å²) in [5, 5.41) is 5.39. The molecule has 0 saturated carbocycles. The van der Waals surface area contributed by atoms with Gasteiger partial charge in [-0.3, -0.25) is 9.59 Å². The molecule has 0 heterocycles. The molecule has 0 aromatic heterocycles. The Bertz CT molecular complexity index is 839. The highest BCUT2D eigenvalue weighted by molar-refractivity contribution is 5.91. The Morgan fingerprint density at radius 1 is 1.00 bits per heavy atom. The summed E-state index contributed by atoms with van der Waals surface area (Å²) in [7, 11) is 1.70. The minimum absolute atomic E-state index is 0.0264. The van der Waals surface area contributed by atoms with Crippen molar-refractivity contribution in [2.75, 3.05) is 25.5 Å². The predicted molar refractivity (Wildman–Crippen MR) is 101 cm³/mol. The Morgan fingerprint density at radius 2 is 1.62 bits per heavy atom. The number of halogens is 3. The maximum absolute atomic E-state index is 12.1. The minimum atomic E-state index is -4.77. The Labute approximate surface area is 166 Å². The summed E-state index contributed by atoms with van der Waals surface area (Å²) in [5.74, 6) is -0.922. The van der Waals surface area contributed by atoms with Crippen LogP contribution in [0.2, 0.25) is 0 Å². The number of benzene rings is 2. The largest absolute Gasteiger partial charge is 0.573 e. The highest BCUT2D eigenvalue weighted by Gasteiger charge is 2.31. The van der Waals surface area contributed by atoms with Crippen LogP contribution < -0.4 is 20.3 Å². The van der Waals surface area contributed by atoms with Crippen molar-refractivity contribution in [3.8, 4) is 5.75 Å². The molecule has 0 aliphatic heterocycles. The van der Waals surface area contributed by atoms with Crippen LogP contribution in [0.25, 0.3) is 0 Å². The van der Waals surface area contributed by atoms with Gasteiger partial charge in [0, 0.05) is 12.2 Å². The van der Waals surface area contributed by atoms with Crippen molar-refractivity contribution in [3.05, 3.63) is 59.7 Å². The number of amides is 2. The molecule has 2 aromatic carbocycles. The van der Waals surface area contributed by atoms with Crippen molar-refractivity contribution in [2.24, 2.45) is 0 Å². The van der Waals surface area contributed by atoms with Gasteiger partial charge in [0.05, 0.1) is 7.05 Å². The summed E-state index contributed by atoms with van der Waals surface area (Å²) in [6.45, 7) is 2.51. The van der Waals surface area contributed by atoms with E-state index in [1.165, 1.54) is 12.1 Å². The third-order valence-corrected chi connectivity index (χ3v) is 4.03. The lowest BCUT2D eigenvalue weighted by atomic mass is 10.1. The highest BCUT2D eigenvalue weighted by atomic mass is 19.4. The van der Waals surface area contributed by atoms with Crippen LogP contribution in [-0.4, -0.2) is 38.3 Å². The Balaban J connectivity index is 1.75. The maximum atomic E-state index is 12.1. The van der Waals surface area contributed by atoms with E-state index in [0.29, 0.717) is 17.1 Å². The van der Waals surface area contributed by atoms with Crippen LogP contribution >= 0.6 is 0 Å². The molecule has 2 amide bonds. The monoisotopic (exact) mass is 410 g/mol. The number of carbonyl (C=O) groups excluding carboxylic acids is 2. The van der Waals surface area contributed by atoms with E-state index in [1.807, 2.05) is 31.2 Å². The molecule has 156 valence electrons. The van der Waals surface area contributed by atoms with Crippen LogP contribution in [-0.2, 0) is 16.1 Å². The molecular formula is C20H23F3N3O3+. The highest BCUT2D eigenvalue weighted by Crippen LogP contribution is 2.23. The molecule has 0 bridgehead atoms. The van der Waals surface area contributed by atoms with Crippen LogP contribution in [0.3, 0.4) is 0 Å². The molecule has 2 rings (SSSR count). The fourth-order valence-corrected chi connectivity index (χ4v) is 2.62. The third kappa shape index (κ3) is 8.22. The van der Waals surface area contributed by atoms with Gasteiger partial charge >= 0.3 is 6.36 Å². The smallest absolute Gasteiger partial charge is 0.406 e. The normalized spacial score (nSPS) is 12.2. The number of aryl methyl sites for hydroxylation is 1. The number of alkyl halides is 3. The second-order valence-corrected chi connectivity index (χ2v) is 6.63. The molecule has 0 aliphatic carbocycles. The molecule has 1 atom stereocenters. The minimum Gasteiger partial charge on any atom is -0.406 e. The number of anilines is 1. The molecule has 0 saturated heterocycles. The second-order valence-electron chi connectivity index (χ2n) is 6.63. The Morgan fingerprint density at radius 3 is 2.24 bits per heavy atom. The zero-order valence-corrected chi connectivity index (χ0v) is 16.1. The molecule has 3 N–H and O–H groups in total. The number of carbonyl (C=O) groups is 2. The number of hydrogen-bond donors (Lipinski definition) is 3. The first-order valence-electron chi connectivity index (χ1n) is 8.90. The number of rotatable bonds is 8. The van der Waals surface area contributed by atoms with E-state index in [0.717, 1.165) is 23.3 Å². The standard InChI is InChI=1S/C20H22F3N3O3/c1-14-5-3-4-6-15(14)11-24-18(27)12-26(2)13-19(28)25-16-7-9-17(10-8-16)29-20(21,22)23/h3-10H,11-13H2,1-2H3,(H,24,27)(H,25,28)/p+1. The Hall–Kier alpha value is -3.07. The summed E-state index contributed by atoms with van der Waals surface area (Å²) >= 11 is 0. The van der Waals surface area contributed by atoms with Gasteiger partial charge in [-0.1, -0.05) is 24.3 Å². The van der Waals surface area contributed by atoms with Crippen LogP contribution in [0.1, 0.15) is 11.1 Å². The molecule has 6 nitrogen and oxygen atoms in total. The zero-order valence-electron chi connectivity index (χ0n) is 16.1. The average molecular weight is 410 g/mol. The molecule has 0 radical (unpaired) electrons. The number of likely N-dealkylation sites (N-methyl/N-ethyl adjacent to an activating group) is 1. The molecule has 0 fully saturated rings. The Kier molecular flexibility index (Phi) is 7.60. The SMILES string of the molecule is Cc1ccccc1CNC(=O)C[NH+](C)CC(=O)Nc1ccc(OC(F)(F)F)cc1. The first kappa shape index (κ1) is 22.2. The molecule has 1 unspecified atom stereocenters. The van der Waals surface area contributed by atoms with E-state index >= 15 is 0 Å². The topological polar surface area (TPSA) is 71.9 Å². The molecule has 0 spiro atoms. The summed E-state index contributed by atoms with van der Waals surface area (Å²) in [6.07, 6.45) is -4.77. The fraction of sp³-hybridized carbons (Fsp3) is 0.300. The van der Waals surface area contributed by atoms with Crippen molar-refractivity contribution in [2.45, 2.75) is 19.8 Å². The molecule has 2 aromatic rings. The number of hydrogen-bond acceptors (Lipinski definition) is 3. The van der Waals surface area contributed by atoms with E-state index in [-0.39, 0.29) is 30.7 Å². The quantitative estimate of drug-likeness (QED) is 0.620. The first-order valence-corrected chi connectivity index (χ1v) is 8.90. The molecular weight excluding hydrogens is 387 g/mol. The third-order valence-electron chi connectivity index (χ3n) is 4.03. The predicted octanol–water partition coefficient (Wildman–Crippen LogP) is 1.66. The van der Waals surface area contributed by atoms with Crippen molar-refractivity contribution < 1.29 is 32.4 Å². The van der Waals surface area contributed by atoms with Gasteiger partial charge in [0.15, 0.2) is 13.1 Å². The van der Waals surface area contributed by atoms with Crippen LogP contribution in [0.5, 0.6) is 5.75 Å². The van der Waals surface area contributed by atoms with Gasteiger partial charge in [0.25, 0.3) is 11.8 Å².